The lowest BCUT2D eigenvalue weighted by Gasteiger charge is -2.14. The molecule has 0 heterocycles. The van der Waals surface area contributed by atoms with Crippen LogP contribution in [0.5, 0.6) is 11.5 Å². The fourth-order valence-electron chi connectivity index (χ4n) is 1.78. The maximum Gasteiger partial charge on any atom is 0.573 e. The maximum atomic E-state index is 14.1. The summed E-state index contributed by atoms with van der Waals surface area (Å²) in [7, 11) is 1.28. The molecule has 0 bridgehead atoms. The Bertz CT molecular complexity index is 608. The standard InChI is InChI=1S/C14H10F4O2/c1-19-12-8-4-6-10(13(12)15)9-5-2-3-7-11(9)20-14(16,17)18/h2-8H,1H3. The molecular weight excluding hydrogens is 276 g/mol. The van der Waals surface area contributed by atoms with Crippen LogP contribution in [0.1, 0.15) is 0 Å². The van der Waals surface area contributed by atoms with Crippen LogP contribution in [-0.2, 0) is 0 Å². The summed E-state index contributed by atoms with van der Waals surface area (Å²) in [6.45, 7) is 0. The number of rotatable bonds is 3. The quantitative estimate of drug-likeness (QED) is 0.779. The van der Waals surface area contributed by atoms with E-state index in [1.165, 1.54) is 43.5 Å². The predicted octanol–water partition coefficient (Wildman–Crippen LogP) is 4.40. The minimum absolute atomic E-state index is 0.00113. The van der Waals surface area contributed by atoms with Gasteiger partial charge in [0.05, 0.1) is 7.11 Å². The van der Waals surface area contributed by atoms with Crippen LogP contribution in [0, 0.1) is 5.82 Å². The molecule has 0 unspecified atom stereocenters. The molecule has 0 saturated carbocycles. The third-order valence-corrected chi connectivity index (χ3v) is 2.59. The third-order valence-electron chi connectivity index (χ3n) is 2.59. The zero-order valence-corrected chi connectivity index (χ0v) is 10.4. The number of alkyl halides is 3. The van der Waals surface area contributed by atoms with Gasteiger partial charge in [-0.2, -0.15) is 0 Å². The zero-order chi connectivity index (χ0) is 14.8. The second-order valence-corrected chi connectivity index (χ2v) is 3.87. The van der Waals surface area contributed by atoms with Crippen LogP contribution < -0.4 is 9.47 Å². The van der Waals surface area contributed by atoms with Crippen LogP contribution in [0.2, 0.25) is 0 Å². The number of hydrogen-bond donors (Lipinski definition) is 0. The molecule has 106 valence electrons. The third kappa shape index (κ3) is 3.01. The first-order valence-electron chi connectivity index (χ1n) is 5.60. The van der Waals surface area contributed by atoms with Crippen LogP contribution in [0.3, 0.4) is 0 Å². The molecule has 20 heavy (non-hydrogen) atoms. The maximum absolute atomic E-state index is 14.1. The number of hydrogen-bond acceptors (Lipinski definition) is 2. The molecule has 0 aromatic heterocycles. The van der Waals surface area contributed by atoms with Gasteiger partial charge in [0.25, 0.3) is 0 Å². The Kier molecular flexibility index (Phi) is 3.83. The van der Waals surface area contributed by atoms with Crippen molar-refractivity contribution in [2.75, 3.05) is 7.11 Å². The van der Waals surface area contributed by atoms with E-state index in [0.717, 1.165) is 6.07 Å². The molecule has 6 heteroatoms. The molecule has 0 N–H and O–H groups in total. The summed E-state index contributed by atoms with van der Waals surface area (Å²) in [4.78, 5) is 0. The molecular formula is C14H10F4O2. The minimum Gasteiger partial charge on any atom is -0.494 e. The number of benzene rings is 2. The van der Waals surface area contributed by atoms with E-state index < -0.39 is 17.9 Å². The molecule has 0 aliphatic carbocycles. The highest BCUT2D eigenvalue weighted by Crippen LogP contribution is 2.37. The number of para-hydroxylation sites is 1. The van der Waals surface area contributed by atoms with Crippen molar-refractivity contribution in [3.05, 3.63) is 48.3 Å². The van der Waals surface area contributed by atoms with Crippen LogP contribution in [0.4, 0.5) is 17.6 Å². The van der Waals surface area contributed by atoms with Crippen molar-refractivity contribution in [3.63, 3.8) is 0 Å². The smallest absolute Gasteiger partial charge is 0.494 e. The van der Waals surface area contributed by atoms with E-state index in [1.807, 2.05) is 0 Å². The van der Waals surface area contributed by atoms with Crippen LogP contribution in [0.25, 0.3) is 11.1 Å². The summed E-state index contributed by atoms with van der Waals surface area (Å²) in [6.07, 6.45) is -4.84. The summed E-state index contributed by atoms with van der Waals surface area (Å²) in [5, 5.41) is 0. The van der Waals surface area contributed by atoms with Gasteiger partial charge in [-0.05, 0) is 12.1 Å². The van der Waals surface area contributed by atoms with Crippen molar-refractivity contribution >= 4 is 0 Å². The van der Waals surface area contributed by atoms with Crippen LogP contribution in [0.15, 0.2) is 42.5 Å². The van der Waals surface area contributed by atoms with Gasteiger partial charge in [0.2, 0.25) is 0 Å². The second-order valence-electron chi connectivity index (χ2n) is 3.87. The van der Waals surface area contributed by atoms with Gasteiger partial charge in [0, 0.05) is 11.1 Å². The Morgan fingerprint density at radius 2 is 1.45 bits per heavy atom. The van der Waals surface area contributed by atoms with E-state index in [1.54, 1.807) is 0 Å². The Morgan fingerprint density at radius 1 is 0.850 bits per heavy atom. The van der Waals surface area contributed by atoms with E-state index in [9.17, 15) is 17.6 Å². The molecule has 2 nitrogen and oxygen atoms in total. The van der Waals surface area contributed by atoms with E-state index >= 15 is 0 Å². The summed E-state index contributed by atoms with van der Waals surface area (Å²) >= 11 is 0. The molecule has 0 aliphatic rings. The fourth-order valence-corrected chi connectivity index (χ4v) is 1.78. The van der Waals surface area contributed by atoms with Gasteiger partial charge in [0.15, 0.2) is 11.6 Å². The Morgan fingerprint density at radius 3 is 2.10 bits per heavy atom. The Hall–Kier alpha value is -2.24. The van der Waals surface area contributed by atoms with Crippen molar-refractivity contribution in [1.82, 2.24) is 0 Å². The van der Waals surface area contributed by atoms with Crippen molar-refractivity contribution < 1.29 is 27.0 Å². The van der Waals surface area contributed by atoms with Crippen molar-refractivity contribution in [2.24, 2.45) is 0 Å². The second kappa shape index (κ2) is 5.40. The van der Waals surface area contributed by atoms with E-state index in [0.29, 0.717) is 0 Å². The van der Waals surface area contributed by atoms with Gasteiger partial charge in [0.1, 0.15) is 5.75 Å². The first-order valence-corrected chi connectivity index (χ1v) is 5.60. The van der Waals surface area contributed by atoms with Crippen LogP contribution >= 0.6 is 0 Å². The van der Waals surface area contributed by atoms with Gasteiger partial charge in [-0.1, -0.05) is 30.3 Å². The summed E-state index contributed by atoms with van der Waals surface area (Å²) in [5.41, 5.74) is -0.0228. The number of methoxy groups -OCH3 is 1. The lowest BCUT2D eigenvalue weighted by atomic mass is 10.0. The predicted molar refractivity (Wildman–Crippen MR) is 65.1 cm³/mol. The molecule has 0 saturated heterocycles. The average Bonchev–Trinajstić information content (AvgIpc) is 2.38. The molecule has 0 spiro atoms. The Balaban J connectivity index is 2.53. The largest absolute Gasteiger partial charge is 0.573 e. The lowest BCUT2D eigenvalue weighted by molar-refractivity contribution is -0.274. The lowest BCUT2D eigenvalue weighted by Crippen LogP contribution is -2.17. The van der Waals surface area contributed by atoms with Gasteiger partial charge in [-0.3, -0.25) is 0 Å². The first kappa shape index (κ1) is 14.2. The van der Waals surface area contributed by atoms with E-state index in [2.05, 4.69) is 4.74 Å². The zero-order valence-electron chi connectivity index (χ0n) is 10.4. The van der Waals surface area contributed by atoms with Gasteiger partial charge in [-0.25, -0.2) is 4.39 Å². The first-order chi connectivity index (χ1) is 9.42. The summed E-state index contributed by atoms with van der Waals surface area (Å²) in [5.74, 6) is -1.26. The highest BCUT2D eigenvalue weighted by molar-refractivity contribution is 5.72. The molecule has 0 amide bonds. The number of ether oxygens (including phenoxy) is 2. The normalized spacial score (nSPS) is 11.2. The SMILES string of the molecule is COc1cccc(-c2ccccc2OC(F)(F)F)c1F. The fraction of sp³-hybridized carbons (Fsp3) is 0.143. The van der Waals surface area contributed by atoms with Gasteiger partial charge >= 0.3 is 6.36 Å². The molecule has 0 aliphatic heterocycles. The highest BCUT2D eigenvalue weighted by Gasteiger charge is 2.32. The molecule has 0 fully saturated rings. The average molecular weight is 286 g/mol. The van der Waals surface area contributed by atoms with Crippen molar-refractivity contribution in [1.29, 1.82) is 0 Å². The topological polar surface area (TPSA) is 18.5 Å². The summed E-state index contributed by atoms with van der Waals surface area (Å²) in [6, 6.07) is 9.57. The van der Waals surface area contributed by atoms with E-state index in [-0.39, 0.29) is 16.9 Å². The molecule has 0 radical (unpaired) electrons. The van der Waals surface area contributed by atoms with Crippen molar-refractivity contribution in [2.45, 2.75) is 6.36 Å². The summed E-state index contributed by atoms with van der Waals surface area (Å²) < 4.78 is 59.9. The van der Waals surface area contributed by atoms with Gasteiger partial charge < -0.3 is 9.47 Å². The van der Waals surface area contributed by atoms with Gasteiger partial charge in [-0.15, -0.1) is 13.2 Å². The van der Waals surface area contributed by atoms with Crippen molar-refractivity contribution in [3.8, 4) is 22.6 Å². The highest BCUT2D eigenvalue weighted by atomic mass is 19.4. The van der Waals surface area contributed by atoms with Crippen LogP contribution in [-0.4, -0.2) is 13.5 Å². The minimum atomic E-state index is -4.84. The molecule has 2 rings (SSSR count). The Labute approximate surface area is 112 Å². The molecule has 0 atom stereocenters. The molecule has 2 aromatic carbocycles. The monoisotopic (exact) mass is 286 g/mol. The number of halogens is 4. The molecule has 2 aromatic rings. The van der Waals surface area contributed by atoms with E-state index in [4.69, 9.17) is 4.74 Å².